The van der Waals surface area contributed by atoms with Crippen LogP contribution in [0.4, 0.5) is 13.2 Å². The van der Waals surface area contributed by atoms with Crippen molar-refractivity contribution in [3.63, 3.8) is 0 Å². The van der Waals surface area contributed by atoms with E-state index in [2.05, 4.69) is 5.32 Å². The van der Waals surface area contributed by atoms with Crippen LogP contribution in [0.2, 0.25) is 0 Å². The third-order valence-electron chi connectivity index (χ3n) is 3.01. The standard InChI is InChI=1S/C14H16F3NO3/c1-14(2,3)9(6-10(19)20)18-13(21)7-4-5-8(15)12(17)11(7)16/h4-5,9H,6H2,1-3H3,(H,18,21)(H,19,20). The van der Waals surface area contributed by atoms with E-state index in [0.717, 1.165) is 6.07 Å². The van der Waals surface area contributed by atoms with Crippen molar-refractivity contribution in [2.75, 3.05) is 0 Å². The Morgan fingerprint density at radius 1 is 1.19 bits per heavy atom. The van der Waals surface area contributed by atoms with Crippen molar-refractivity contribution in [1.29, 1.82) is 0 Å². The number of carbonyl (C=O) groups excluding carboxylic acids is 1. The van der Waals surface area contributed by atoms with Gasteiger partial charge in [-0.25, -0.2) is 13.2 Å². The van der Waals surface area contributed by atoms with Crippen molar-refractivity contribution in [1.82, 2.24) is 5.32 Å². The van der Waals surface area contributed by atoms with E-state index in [4.69, 9.17) is 5.11 Å². The molecule has 1 atom stereocenters. The van der Waals surface area contributed by atoms with Gasteiger partial charge in [0.2, 0.25) is 0 Å². The van der Waals surface area contributed by atoms with E-state index in [9.17, 15) is 22.8 Å². The van der Waals surface area contributed by atoms with E-state index in [1.54, 1.807) is 20.8 Å². The number of carboxylic acids is 1. The highest BCUT2D eigenvalue weighted by Gasteiger charge is 2.30. The smallest absolute Gasteiger partial charge is 0.305 e. The normalized spacial score (nSPS) is 12.9. The molecule has 0 aliphatic carbocycles. The number of benzene rings is 1. The van der Waals surface area contributed by atoms with E-state index in [1.807, 2.05) is 0 Å². The van der Waals surface area contributed by atoms with Crippen LogP contribution in [-0.4, -0.2) is 23.0 Å². The quantitative estimate of drug-likeness (QED) is 0.841. The Morgan fingerprint density at radius 3 is 2.24 bits per heavy atom. The van der Waals surface area contributed by atoms with Crippen molar-refractivity contribution in [3.05, 3.63) is 35.1 Å². The van der Waals surface area contributed by atoms with Gasteiger partial charge in [0.15, 0.2) is 17.5 Å². The average Bonchev–Trinajstić information content (AvgIpc) is 2.33. The van der Waals surface area contributed by atoms with Crippen LogP contribution in [-0.2, 0) is 4.79 Å². The summed E-state index contributed by atoms with van der Waals surface area (Å²) in [6.07, 6.45) is -0.374. The number of nitrogens with one attached hydrogen (secondary N) is 1. The van der Waals surface area contributed by atoms with Gasteiger partial charge in [0, 0.05) is 6.04 Å². The van der Waals surface area contributed by atoms with Gasteiger partial charge in [0.1, 0.15) is 0 Å². The Morgan fingerprint density at radius 2 is 1.76 bits per heavy atom. The van der Waals surface area contributed by atoms with E-state index >= 15 is 0 Å². The SMILES string of the molecule is CC(C)(C)C(CC(=O)O)NC(=O)c1ccc(F)c(F)c1F. The first-order chi connectivity index (χ1) is 9.54. The fraction of sp³-hybridized carbons (Fsp3) is 0.429. The molecular weight excluding hydrogens is 287 g/mol. The lowest BCUT2D eigenvalue weighted by molar-refractivity contribution is -0.138. The zero-order valence-electron chi connectivity index (χ0n) is 11.8. The molecule has 1 unspecified atom stereocenters. The van der Waals surface area contributed by atoms with E-state index in [0.29, 0.717) is 6.07 Å². The van der Waals surface area contributed by atoms with Crippen LogP contribution in [0.1, 0.15) is 37.6 Å². The van der Waals surface area contributed by atoms with Crippen LogP contribution >= 0.6 is 0 Å². The molecule has 116 valence electrons. The van der Waals surface area contributed by atoms with Crippen molar-refractivity contribution in [2.24, 2.45) is 5.41 Å². The maximum atomic E-state index is 13.5. The predicted octanol–water partition coefficient (Wildman–Crippen LogP) is 2.72. The second-order valence-electron chi connectivity index (χ2n) is 5.71. The molecule has 0 aromatic heterocycles. The molecule has 0 aliphatic heterocycles. The fourth-order valence-electron chi connectivity index (χ4n) is 1.69. The van der Waals surface area contributed by atoms with Crippen molar-refractivity contribution in [2.45, 2.75) is 33.2 Å². The summed E-state index contributed by atoms with van der Waals surface area (Å²) in [5.74, 6) is -6.88. The zero-order chi connectivity index (χ0) is 16.4. The molecule has 21 heavy (non-hydrogen) atoms. The van der Waals surface area contributed by atoms with Crippen LogP contribution in [0, 0.1) is 22.9 Å². The third-order valence-corrected chi connectivity index (χ3v) is 3.01. The second kappa shape index (κ2) is 6.15. The van der Waals surface area contributed by atoms with E-state index in [1.165, 1.54) is 0 Å². The molecular formula is C14H16F3NO3. The fourth-order valence-corrected chi connectivity index (χ4v) is 1.69. The maximum Gasteiger partial charge on any atom is 0.305 e. The summed E-state index contributed by atoms with van der Waals surface area (Å²) >= 11 is 0. The molecule has 0 saturated heterocycles. The molecule has 0 saturated carbocycles. The lowest BCUT2D eigenvalue weighted by Gasteiger charge is -2.30. The molecule has 0 heterocycles. The molecule has 1 aromatic carbocycles. The van der Waals surface area contributed by atoms with E-state index in [-0.39, 0.29) is 6.42 Å². The number of halogens is 3. The number of hydrogen-bond acceptors (Lipinski definition) is 2. The Balaban J connectivity index is 3.03. The Kier molecular flexibility index (Phi) is 4.98. The molecule has 1 amide bonds. The van der Waals surface area contributed by atoms with Crippen molar-refractivity contribution < 1.29 is 27.9 Å². The van der Waals surface area contributed by atoms with Crippen LogP contribution in [0.3, 0.4) is 0 Å². The first-order valence-corrected chi connectivity index (χ1v) is 6.20. The number of carboxylic acid groups (broad SMARTS) is 1. The molecule has 0 radical (unpaired) electrons. The molecule has 4 nitrogen and oxygen atoms in total. The van der Waals surface area contributed by atoms with Crippen LogP contribution in [0.5, 0.6) is 0 Å². The minimum Gasteiger partial charge on any atom is -0.481 e. The van der Waals surface area contributed by atoms with Crippen molar-refractivity contribution in [3.8, 4) is 0 Å². The summed E-state index contributed by atoms with van der Waals surface area (Å²) in [6, 6.07) is 0.648. The lowest BCUT2D eigenvalue weighted by atomic mass is 9.84. The lowest BCUT2D eigenvalue weighted by Crippen LogP contribution is -2.45. The molecule has 0 fully saturated rings. The number of carbonyl (C=O) groups is 2. The summed E-state index contributed by atoms with van der Waals surface area (Å²) in [6.45, 7) is 5.09. The number of rotatable bonds is 4. The largest absolute Gasteiger partial charge is 0.481 e. The molecule has 1 aromatic rings. The first kappa shape index (κ1) is 17.0. The predicted molar refractivity (Wildman–Crippen MR) is 69.3 cm³/mol. The van der Waals surface area contributed by atoms with Gasteiger partial charge in [0.05, 0.1) is 12.0 Å². The molecule has 0 aliphatic rings. The second-order valence-corrected chi connectivity index (χ2v) is 5.71. The highest BCUT2D eigenvalue weighted by atomic mass is 19.2. The molecule has 0 spiro atoms. The zero-order valence-corrected chi connectivity index (χ0v) is 11.8. The molecule has 2 N–H and O–H groups in total. The number of aliphatic carboxylic acids is 1. The topological polar surface area (TPSA) is 66.4 Å². The van der Waals surface area contributed by atoms with Crippen LogP contribution in [0.25, 0.3) is 0 Å². The van der Waals surface area contributed by atoms with Gasteiger partial charge in [-0.2, -0.15) is 0 Å². The van der Waals surface area contributed by atoms with Crippen LogP contribution in [0.15, 0.2) is 12.1 Å². The number of amides is 1. The van der Waals surface area contributed by atoms with Gasteiger partial charge in [-0.05, 0) is 17.5 Å². The van der Waals surface area contributed by atoms with Gasteiger partial charge >= 0.3 is 5.97 Å². The van der Waals surface area contributed by atoms with Crippen molar-refractivity contribution >= 4 is 11.9 Å². The molecule has 1 rings (SSSR count). The van der Waals surface area contributed by atoms with Gasteiger partial charge in [-0.3, -0.25) is 9.59 Å². The average molecular weight is 303 g/mol. The summed E-state index contributed by atoms with van der Waals surface area (Å²) in [4.78, 5) is 22.7. The highest BCUT2D eigenvalue weighted by Crippen LogP contribution is 2.23. The monoisotopic (exact) mass is 303 g/mol. The van der Waals surface area contributed by atoms with Gasteiger partial charge in [-0.15, -0.1) is 0 Å². The highest BCUT2D eigenvalue weighted by molar-refractivity contribution is 5.95. The molecule has 0 bridgehead atoms. The Hall–Kier alpha value is -2.05. The minimum atomic E-state index is -1.74. The van der Waals surface area contributed by atoms with Crippen LogP contribution < -0.4 is 5.32 Å². The molecule has 7 heteroatoms. The van der Waals surface area contributed by atoms with Gasteiger partial charge < -0.3 is 10.4 Å². The van der Waals surface area contributed by atoms with Gasteiger partial charge in [-0.1, -0.05) is 20.8 Å². The summed E-state index contributed by atoms with van der Waals surface area (Å²) in [7, 11) is 0. The van der Waals surface area contributed by atoms with E-state index < -0.39 is 46.3 Å². The Labute approximate surface area is 120 Å². The minimum absolute atomic E-state index is 0.374. The summed E-state index contributed by atoms with van der Waals surface area (Å²) < 4.78 is 39.5. The maximum absolute atomic E-state index is 13.5. The summed E-state index contributed by atoms with van der Waals surface area (Å²) in [5, 5.41) is 11.2. The summed E-state index contributed by atoms with van der Waals surface area (Å²) in [5.41, 5.74) is -1.28. The van der Waals surface area contributed by atoms with Gasteiger partial charge in [0.25, 0.3) is 5.91 Å². The third kappa shape index (κ3) is 4.21. The first-order valence-electron chi connectivity index (χ1n) is 6.20. The number of hydrogen-bond donors (Lipinski definition) is 2. The Bertz CT molecular complexity index is 567.